The highest BCUT2D eigenvalue weighted by Crippen LogP contribution is 2.24. The van der Waals surface area contributed by atoms with Crippen LogP contribution in [-0.4, -0.2) is 111 Å². The quantitative estimate of drug-likeness (QED) is 0.0605. The average molecular weight is 945 g/mol. The molecular weight excluding hydrogens is 877 g/mol. The number of rotatable bonds is 23. The van der Waals surface area contributed by atoms with Crippen LogP contribution in [0.2, 0.25) is 0 Å². The van der Waals surface area contributed by atoms with Crippen LogP contribution in [0.15, 0.2) is 119 Å². The number of hydrogen-bond donors (Lipinski definition) is 4. The van der Waals surface area contributed by atoms with E-state index in [1.54, 1.807) is 46.8 Å². The fourth-order valence-corrected chi connectivity index (χ4v) is 8.53. The number of nitrogens with zero attached hydrogens (tertiary/aromatic N) is 2. The first-order valence-electron chi connectivity index (χ1n) is 21.5. The molecule has 4 rings (SSSR count). The third kappa shape index (κ3) is 17.9. The normalized spacial score (nSPS) is 14.9. The second kappa shape index (κ2) is 25.9. The van der Waals surface area contributed by atoms with Crippen LogP contribution in [0, 0.1) is 0 Å². The highest BCUT2D eigenvalue weighted by molar-refractivity contribution is 7.89. The first-order chi connectivity index (χ1) is 30.6. The Labute approximate surface area is 385 Å². The highest BCUT2D eigenvalue weighted by atomic mass is 32.2. The van der Waals surface area contributed by atoms with Crippen LogP contribution in [0.3, 0.4) is 0 Å². The van der Waals surface area contributed by atoms with Gasteiger partial charge in [-0.25, -0.2) is 21.6 Å². The van der Waals surface area contributed by atoms with Crippen molar-refractivity contribution in [2.75, 3.05) is 27.3 Å². The molecule has 6 atom stereocenters. The summed E-state index contributed by atoms with van der Waals surface area (Å²) in [5.74, 6) is 1.05. The predicted octanol–water partition coefficient (Wildman–Crippen LogP) is 6.26. The summed E-state index contributed by atoms with van der Waals surface area (Å²) >= 11 is 0. The average Bonchev–Trinajstić information content (AvgIpc) is 3.28. The van der Waals surface area contributed by atoms with E-state index in [-0.39, 0.29) is 28.9 Å². The summed E-state index contributed by atoms with van der Waals surface area (Å²) in [6, 6.07) is 29.2. The molecular formula is C47H68N4O12S2. The molecule has 4 aromatic rings. The number of carbonyl (C=O) groups excluding carboxylic acids is 1. The number of benzene rings is 4. The molecule has 18 heteroatoms. The molecule has 65 heavy (non-hydrogen) atoms. The van der Waals surface area contributed by atoms with Gasteiger partial charge in [0.05, 0.1) is 67.6 Å². The molecule has 0 aromatic heterocycles. The third-order valence-corrected chi connectivity index (χ3v) is 13.2. The molecule has 0 saturated heterocycles. The first kappa shape index (κ1) is 54.7. The van der Waals surface area contributed by atoms with Crippen molar-refractivity contribution < 1.29 is 55.7 Å². The number of hydroxylamine groups is 2. The van der Waals surface area contributed by atoms with Crippen LogP contribution < -0.4 is 20.5 Å². The minimum Gasteiger partial charge on any atom is -0.497 e. The molecule has 0 fully saturated rings. The number of nitrogens with one attached hydrogen (secondary N) is 1. The number of nitrogens with two attached hydrogens (primary N) is 1. The van der Waals surface area contributed by atoms with Gasteiger partial charge < -0.3 is 35.5 Å². The topological polar surface area (TPSA) is 216 Å². The van der Waals surface area contributed by atoms with E-state index >= 15 is 0 Å². The van der Waals surface area contributed by atoms with Gasteiger partial charge in [-0.1, -0.05) is 83.4 Å². The molecule has 0 aliphatic rings. The number of aliphatic hydroxyl groups excluding tert-OH is 2. The Hall–Kier alpha value is -4.63. The second-order valence-corrected chi connectivity index (χ2v) is 20.1. The minimum absolute atomic E-state index is 0.0153. The van der Waals surface area contributed by atoms with E-state index in [4.69, 9.17) is 29.6 Å². The molecule has 16 nitrogen and oxygen atoms in total. The fraction of sp³-hybridized carbons (Fsp3) is 0.468. The van der Waals surface area contributed by atoms with Crippen molar-refractivity contribution in [2.24, 2.45) is 5.73 Å². The lowest BCUT2D eigenvalue weighted by atomic mass is 10.0. The smallest absolute Gasteiger partial charge is 0.407 e. The van der Waals surface area contributed by atoms with Gasteiger partial charge in [0.15, 0.2) is 0 Å². The van der Waals surface area contributed by atoms with Crippen LogP contribution in [0.4, 0.5) is 4.79 Å². The SMILES string of the molecule is CCC(C)ON(C[C@@H](O)[C@@H](N)Cc1ccccc1)S(=O)(=O)c1ccc(OC)cc1.CCC(C)ON(C[C@@H](O)[C@H](Cc1ccccc1)NC(=O)OC(C)(C)C)S(=O)(=O)c1ccc(OC)cc1. The van der Waals surface area contributed by atoms with Crippen molar-refractivity contribution in [1.29, 1.82) is 0 Å². The summed E-state index contributed by atoms with van der Waals surface area (Å²) in [6.07, 6.45) is -2.08. The lowest BCUT2D eigenvalue weighted by molar-refractivity contribution is -0.142. The fourth-order valence-electron chi connectivity index (χ4n) is 5.88. The number of ether oxygens (including phenoxy) is 3. The van der Waals surface area contributed by atoms with Gasteiger partial charge in [0.1, 0.15) is 17.1 Å². The van der Waals surface area contributed by atoms with Crippen molar-refractivity contribution in [1.82, 2.24) is 14.3 Å². The van der Waals surface area contributed by atoms with Crippen molar-refractivity contribution in [2.45, 2.75) is 126 Å². The van der Waals surface area contributed by atoms with Crippen molar-refractivity contribution in [3.8, 4) is 11.5 Å². The van der Waals surface area contributed by atoms with E-state index in [1.165, 1.54) is 50.6 Å². The predicted molar refractivity (Wildman–Crippen MR) is 249 cm³/mol. The van der Waals surface area contributed by atoms with Crippen LogP contribution in [-0.2, 0) is 47.3 Å². The molecule has 0 aliphatic carbocycles. The lowest BCUT2D eigenvalue weighted by Crippen LogP contribution is -2.51. The highest BCUT2D eigenvalue weighted by Gasteiger charge is 2.34. The largest absolute Gasteiger partial charge is 0.497 e. The van der Waals surface area contributed by atoms with Crippen molar-refractivity contribution in [3.05, 3.63) is 120 Å². The number of aliphatic hydroxyl groups is 2. The Kier molecular flexibility index (Phi) is 21.8. The first-order valence-corrected chi connectivity index (χ1v) is 24.4. The van der Waals surface area contributed by atoms with E-state index in [9.17, 15) is 31.8 Å². The standard InChI is InChI=1S/C26H38N2O7S.C21H30N2O5S/c1-7-19(2)35-28(36(31,32)22-15-13-21(33-6)14-16-22)18-24(29)23(17-20-11-9-8-10-12-20)27-25(30)34-26(3,4)5;1-4-16(2)28-23(29(25,26)19-12-10-18(27-3)11-13-19)15-21(24)20(22)14-17-8-6-5-7-9-17/h8-16,19,23-24,29H,7,17-18H2,1-6H3,(H,27,30);5-13,16,20-21,24H,4,14-15,22H2,1-3H3/t19?,23-,24+;16?,20-,21+/m00/s1. The summed E-state index contributed by atoms with van der Waals surface area (Å²) in [7, 11) is -5.14. The Balaban J connectivity index is 0.000000353. The van der Waals surface area contributed by atoms with Gasteiger partial charge in [-0.05, 0) is 120 Å². The van der Waals surface area contributed by atoms with Crippen LogP contribution in [0.5, 0.6) is 11.5 Å². The zero-order valence-electron chi connectivity index (χ0n) is 38.9. The van der Waals surface area contributed by atoms with Crippen molar-refractivity contribution in [3.63, 3.8) is 0 Å². The molecule has 2 unspecified atom stereocenters. The van der Waals surface area contributed by atoms with Crippen LogP contribution >= 0.6 is 0 Å². The number of alkyl carbamates (subject to hydrolysis) is 1. The molecule has 1 amide bonds. The van der Waals surface area contributed by atoms with Gasteiger partial charge in [-0.3, -0.25) is 9.68 Å². The summed E-state index contributed by atoms with van der Waals surface area (Å²) in [6.45, 7) is 11.8. The molecule has 5 N–H and O–H groups in total. The van der Waals surface area contributed by atoms with E-state index in [0.717, 1.165) is 20.1 Å². The molecule has 0 spiro atoms. The summed E-state index contributed by atoms with van der Waals surface area (Å²) in [5, 5.41) is 24.5. The Morgan fingerprint density at radius 3 is 1.40 bits per heavy atom. The zero-order valence-corrected chi connectivity index (χ0v) is 40.5. The Morgan fingerprint density at radius 1 is 0.646 bits per heavy atom. The minimum atomic E-state index is -4.14. The lowest BCUT2D eigenvalue weighted by Gasteiger charge is -2.31. The number of carbonyl (C=O) groups is 1. The summed E-state index contributed by atoms with van der Waals surface area (Å²) in [5.41, 5.74) is 7.21. The summed E-state index contributed by atoms with van der Waals surface area (Å²) < 4.78 is 70.3. The Morgan fingerprint density at radius 2 is 1.03 bits per heavy atom. The maximum atomic E-state index is 13.4. The van der Waals surface area contributed by atoms with Gasteiger partial charge in [-0.2, -0.15) is 0 Å². The van der Waals surface area contributed by atoms with Gasteiger partial charge in [-0.15, -0.1) is 0 Å². The van der Waals surface area contributed by atoms with Crippen LogP contribution in [0.25, 0.3) is 0 Å². The monoisotopic (exact) mass is 944 g/mol. The number of amides is 1. The molecule has 4 aromatic carbocycles. The van der Waals surface area contributed by atoms with Gasteiger partial charge >= 0.3 is 6.09 Å². The maximum absolute atomic E-state index is 13.4. The number of sulfonamides is 2. The maximum Gasteiger partial charge on any atom is 0.407 e. The second-order valence-electron chi connectivity index (χ2n) is 16.4. The molecule has 0 heterocycles. The number of methoxy groups -OCH3 is 2. The number of hydrogen-bond acceptors (Lipinski definition) is 13. The molecule has 0 aliphatic heterocycles. The Bertz CT molecular complexity index is 2210. The van der Waals surface area contributed by atoms with E-state index < -0.39 is 68.7 Å². The van der Waals surface area contributed by atoms with Crippen molar-refractivity contribution >= 4 is 26.1 Å². The van der Waals surface area contributed by atoms with Gasteiger partial charge in [0.2, 0.25) is 0 Å². The van der Waals surface area contributed by atoms with E-state index in [2.05, 4.69) is 5.32 Å². The van der Waals surface area contributed by atoms with Gasteiger partial charge in [0.25, 0.3) is 20.0 Å². The third-order valence-electron chi connectivity index (χ3n) is 9.94. The summed E-state index contributed by atoms with van der Waals surface area (Å²) in [4.78, 5) is 24.0. The van der Waals surface area contributed by atoms with Crippen LogP contribution in [0.1, 0.15) is 72.4 Å². The van der Waals surface area contributed by atoms with E-state index in [1.807, 2.05) is 74.5 Å². The van der Waals surface area contributed by atoms with Gasteiger partial charge in [0, 0.05) is 6.04 Å². The molecule has 0 bridgehead atoms. The molecule has 0 radical (unpaired) electrons. The molecule has 0 saturated carbocycles. The molecule has 360 valence electrons. The van der Waals surface area contributed by atoms with E-state index in [0.29, 0.717) is 30.8 Å². The zero-order chi connectivity index (χ0) is 48.4.